The molecule has 3 heteroatoms. The Hall–Kier alpha value is -0.123. The van der Waals surface area contributed by atoms with Crippen LogP contribution in [0.2, 0.25) is 5.04 Å². The first kappa shape index (κ1) is 10.9. The van der Waals surface area contributed by atoms with Crippen molar-refractivity contribution in [3.8, 4) is 0 Å². The molecule has 0 aromatic carbocycles. The fourth-order valence-electron chi connectivity index (χ4n) is 1.20. The molecule has 66 valence electrons. The largest absolute Gasteiger partial charge is 0.400 e. The number of hydrogen-bond acceptors (Lipinski definition) is 2. The molecule has 0 bridgehead atoms. The average Bonchev–Trinajstić information content (AvgIpc) is 1.89. The Morgan fingerprint density at radius 2 is 1.82 bits per heavy atom. The topological polar surface area (TPSA) is 18.5 Å². The summed E-state index contributed by atoms with van der Waals surface area (Å²) < 4.78 is 10.6. The third kappa shape index (κ3) is 3.18. The second-order valence-electron chi connectivity index (χ2n) is 3.28. The van der Waals surface area contributed by atoms with Crippen LogP contribution in [0.3, 0.4) is 0 Å². The first-order valence-electron chi connectivity index (χ1n) is 3.75. The molecule has 0 aromatic rings. The Morgan fingerprint density at radius 3 is 2.09 bits per heavy atom. The zero-order chi connectivity index (χ0) is 8.91. The molecule has 0 unspecified atom stereocenters. The van der Waals surface area contributed by atoms with Crippen molar-refractivity contribution in [2.24, 2.45) is 0 Å². The van der Waals surface area contributed by atoms with Gasteiger partial charge < -0.3 is 8.85 Å². The summed E-state index contributed by atoms with van der Waals surface area (Å²) in [5.74, 6) is 0. The van der Waals surface area contributed by atoms with E-state index in [0.717, 1.165) is 6.42 Å². The fourth-order valence-corrected chi connectivity index (χ4v) is 3.03. The monoisotopic (exact) mass is 174 g/mol. The van der Waals surface area contributed by atoms with Gasteiger partial charge in [0.1, 0.15) is 0 Å². The highest BCUT2D eigenvalue weighted by Crippen LogP contribution is 2.33. The minimum atomic E-state index is -1.49. The molecular weight excluding hydrogens is 156 g/mol. The van der Waals surface area contributed by atoms with Gasteiger partial charge in [-0.1, -0.05) is 19.9 Å². The molecule has 0 heterocycles. The molecule has 0 saturated carbocycles. The van der Waals surface area contributed by atoms with E-state index in [2.05, 4.69) is 20.4 Å². The third-order valence-corrected chi connectivity index (χ3v) is 4.10. The van der Waals surface area contributed by atoms with Crippen molar-refractivity contribution >= 4 is 9.28 Å². The van der Waals surface area contributed by atoms with Crippen LogP contribution in [0.25, 0.3) is 0 Å². The van der Waals surface area contributed by atoms with Crippen molar-refractivity contribution in [3.05, 3.63) is 12.7 Å². The van der Waals surface area contributed by atoms with Crippen LogP contribution < -0.4 is 0 Å². The van der Waals surface area contributed by atoms with Crippen LogP contribution in [-0.2, 0) is 8.85 Å². The standard InChI is InChI=1S/C8H18O2Si/c1-6-7-8(2,3)11(9-4)10-5/h6,11H,1,7H2,2-5H3. The van der Waals surface area contributed by atoms with E-state index >= 15 is 0 Å². The second kappa shape index (κ2) is 4.69. The van der Waals surface area contributed by atoms with E-state index in [1.165, 1.54) is 0 Å². The summed E-state index contributed by atoms with van der Waals surface area (Å²) in [6.07, 6.45) is 2.86. The fraction of sp³-hybridized carbons (Fsp3) is 0.750. The molecule has 0 N–H and O–H groups in total. The van der Waals surface area contributed by atoms with Gasteiger partial charge in [-0.15, -0.1) is 6.58 Å². The molecule has 2 nitrogen and oxygen atoms in total. The lowest BCUT2D eigenvalue weighted by Crippen LogP contribution is -2.32. The number of rotatable bonds is 5. The van der Waals surface area contributed by atoms with Crippen LogP contribution in [0, 0.1) is 0 Å². The third-order valence-electron chi connectivity index (χ3n) is 1.74. The number of hydrogen-bond donors (Lipinski definition) is 0. The molecule has 0 aliphatic rings. The lowest BCUT2D eigenvalue weighted by molar-refractivity contribution is 0.247. The molecule has 0 spiro atoms. The lowest BCUT2D eigenvalue weighted by atomic mass is 10.1. The Labute approximate surface area is 71.1 Å². The summed E-state index contributed by atoms with van der Waals surface area (Å²) in [4.78, 5) is 0. The summed E-state index contributed by atoms with van der Waals surface area (Å²) in [5, 5.41) is 0.144. The molecule has 11 heavy (non-hydrogen) atoms. The molecule has 0 amide bonds. The normalized spacial score (nSPS) is 12.1. The minimum Gasteiger partial charge on any atom is -0.400 e. The minimum absolute atomic E-state index is 0.144. The zero-order valence-corrected chi connectivity index (χ0v) is 9.04. The molecule has 0 aliphatic carbocycles. The van der Waals surface area contributed by atoms with E-state index in [1.807, 2.05) is 6.08 Å². The summed E-state index contributed by atoms with van der Waals surface area (Å²) >= 11 is 0. The van der Waals surface area contributed by atoms with Gasteiger partial charge in [-0.2, -0.15) is 0 Å². The van der Waals surface area contributed by atoms with Crippen LogP contribution >= 0.6 is 0 Å². The maximum atomic E-state index is 5.29. The Kier molecular flexibility index (Phi) is 4.64. The van der Waals surface area contributed by atoms with Gasteiger partial charge in [0.15, 0.2) is 0 Å². The van der Waals surface area contributed by atoms with Gasteiger partial charge in [0.25, 0.3) is 0 Å². The van der Waals surface area contributed by atoms with Crippen molar-refractivity contribution < 1.29 is 8.85 Å². The van der Waals surface area contributed by atoms with Gasteiger partial charge >= 0.3 is 9.28 Å². The molecule has 0 aliphatic heterocycles. The predicted molar refractivity (Wildman–Crippen MR) is 50.0 cm³/mol. The van der Waals surface area contributed by atoms with E-state index in [9.17, 15) is 0 Å². The van der Waals surface area contributed by atoms with Crippen LogP contribution in [0.5, 0.6) is 0 Å². The molecule has 0 rings (SSSR count). The summed E-state index contributed by atoms with van der Waals surface area (Å²) in [5.41, 5.74) is 0. The quantitative estimate of drug-likeness (QED) is 0.468. The van der Waals surface area contributed by atoms with Crippen LogP contribution in [0.1, 0.15) is 20.3 Å². The highest BCUT2D eigenvalue weighted by Gasteiger charge is 2.31. The maximum absolute atomic E-state index is 5.29. The van der Waals surface area contributed by atoms with Crippen molar-refractivity contribution in [3.63, 3.8) is 0 Å². The SMILES string of the molecule is C=CCC(C)(C)[SiH](OC)OC. The van der Waals surface area contributed by atoms with Gasteiger partial charge in [0.05, 0.1) is 0 Å². The molecule has 0 saturated heterocycles. The highest BCUT2D eigenvalue weighted by molar-refractivity contribution is 6.48. The lowest BCUT2D eigenvalue weighted by Gasteiger charge is -2.28. The molecular formula is C8H18O2Si. The van der Waals surface area contributed by atoms with Gasteiger partial charge in [0, 0.05) is 19.3 Å². The average molecular weight is 174 g/mol. The second-order valence-corrected chi connectivity index (χ2v) is 6.45. The van der Waals surface area contributed by atoms with Gasteiger partial charge in [-0.3, -0.25) is 0 Å². The predicted octanol–water partition coefficient (Wildman–Crippen LogP) is 1.86. The van der Waals surface area contributed by atoms with Crippen LogP contribution in [0.4, 0.5) is 0 Å². The zero-order valence-electron chi connectivity index (χ0n) is 7.89. The van der Waals surface area contributed by atoms with Gasteiger partial charge in [-0.05, 0) is 6.42 Å². The van der Waals surface area contributed by atoms with Crippen molar-refractivity contribution in [1.82, 2.24) is 0 Å². The smallest absolute Gasteiger partial charge is 0.327 e. The van der Waals surface area contributed by atoms with Gasteiger partial charge in [0.2, 0.25) is 0 Å². The maximum Gasteiger partial charge on any atom is 0.327 e. The molecule has 0 aromatic heterocycles. The van der Waals surface area contributed by atoms with Gasteiger partial charge in [-0.25, -0.2) is 0 Å². The molecule has 0 fully saturated rings. The molecule has 0 atom stereocenters. The van der Waals surface area contributed by atoms with Crippen molar-refractivity contribution in [2.75, 3.05) is 14.2 Å². The van der Waals surface area contributed by atoms with Crippen molar-refractivity contribution in [2.45, 2.75) is 25.3 Å². The van der Waals surface area contributed by atoms with Crippen LogP contribution in [-0.4, -0.2) is 23.5 Å². The Bertz CT molecular complexity index is 119. The van der Waals surface area contributed by atoms with E-state index in [0.29, 0.717) is 0 Å². The summed E-state index contributed by atoms with van der Waals surface area (Å²) in [6.45, 7) is 8.01. The van der Waals surface area contributed by atoms with Crippen LogP contribution in [0.15, 0.2) is 12.7 Å². The first-order valence-corrected chi connectivity index (χ1v) is 5.27. The molecule has 0 radical (unpaired) electrons. The summed E-state index contributed by atoms with van der Waals surface area (Å²) in [7, 11) is 1.94. The highest BCUT2D eigenvalue weighted by atomic mass is 28.3. The Balaban J connectivity index is 4.10. The van der Waals surface area contributed by atoms with E-state index in [1.54, 1.807) is 14.2 Å². The van der Waals surface area contributed by atoms with Crippen molar-refractivity contribution in [1.29, 1.82) is 0 Å². The number of allylic oxidation sites excluding steroid dienone is 1. The Morgan fingerprint density at radius 1 is 1.36 bits per heavy atom. The summed E-state index contributed by atoms with van der Waals surface area (Å²) in [6, 6.07) is 0. The van der Waals surface area contributed by atoms with E-state index in [4.69, 9.17) is 8.85 Å². The van der Waals surface area contributed by atoms with E-state index in [-0.39, 0.29) is 5.04 Å². The van der Waals surface area contributed by atoms with E-state index < -0.39 is 9.28 Å². The first-order chi connectivity index (χ1) is 5.08.